The Hall–Kier alpha value is -1.82. The molecule has 17 heavy (non-hydrogen) atoms. The number of halogens is 1. The molecule has 0 saturated heterocycles. The van der Waals surface area contributed by atoms with Gasteiger partial charge in [-0.1, -0.05) is 22.0 Å². The zero-order chi connectivity index (χ0) is 12.4. The second-order valence-electron chi connectivity index (χ2n) is 3.58. The van der Waals surface area contributed by atoms with Crippen molar-refractivity contribution < 1.29 is 0 Å². The number of nitrogen functional groups attached to an aromatic ring is 1. The lowest BCUT2D eigenvalue weighted by Gasteiger charge is -2.07. The number of anilines is 1. The van der Waals surface area contributed by atoms with Crippen LogP contribution in [0.25, 0.3) is 0 Å². The summed E-state index contributed by atoms with van der Waals surface area (Å²) in [5, 5.41) is 2.46. The van der Waals surface area contributed by atoms with Gasteiger partial charge in [-0.2, -0.15) is 0 Å². The molecule has 0 spiro atoms. The zero-order valence-corrected chi connectivity index (χ0v) is 10.4. The predicted molar refractivity (Wildman–Crippen MR) is 69.0 cm³/mol. The maximum atomic E-state index is 11.5. The summed E-state index contributed by atoms with van der Waals surface area (Å²) in [6.45, 7) is 0.287. The largest absolute Gasteiger partial charge is 0.399 e. The standard InChI is InChI=1S/C11H10BrN3O2/c12-9-5-8(13)2-1-7(9)6-15-11(17)4-3-10(16)14-15/h1-5H,6,13H2,(H,14,16). The van der Waals surface area contributed by atoms with Crippen LogP contribution in [-0.2, 0) is 6.54 Å². The molecule has 0 amide bonds. The van der Waals surface area contributed by atoms with Gasteiger partial charge in [0.1, 0.15) is 0 Å². The van der Waals surface area contributed by atoms with Gasteiger partial charge in [0, 0.05) is 22.3 Å². The smallest absolute Gasteiger partial charge is 0.265 e. The van der Waals surface area contributed by atoms with Gasteiger partial charge in [0.05, 0.1) is 6.54 Å². The second kappa shape index (κ2) is 4.58. The summed E-state index contributed by atoms with van der Waals surface area (Å²) in [6.07, 6.45) is 0. The van der Waals surface area contributed by atoms with Crippen LogP contribution in [0.15, 0.2) is 44.4 Å². The molecule has 6 heteroatoms. The van der Waals surface area contributed by atoms with Gasteiger partial charge in [0.15, 0.2) is 0 Å². The highest BCUT2D eigenvalue weighted by Crippen LogP contribution is 2.19. The molecule has 1 aromatic heterocycles. The van der Waals surface area contributed by atoms with Crippen molar-refractivity contribution in [2.24, 2.45) is 0 Å². The van der Waals surface area contributed by atoms with Crippen LogP contribution < -0.4 is 16.9 Å². The summed E-state index contributed by atoms with van der Waals surface area (Å²) in [5.41, 5.74) is 6.55. The van der Waals surface area contributed by atoms with Gasteiger partial charge in [-0.15, -0.1) is 0 Å². The molecule has 2 aromatic rings. The van der Waals surface area contributed by atoms with Crippen LogP contribution in [0.3, 0.4) is 0 Å². The van der Waals surface area contributed by atoms with Crippen LogP contribution in [0, 0.1) is 0 Å². The van der Waals surface area contributed by atoms with E-state index >= 15 is 0 Å². The maximum absolute atomic E-state index is 11.5. The van der Waals surface area contributed by atoms with E-state index in [0.29, 0.717) is 5.69 Å². The second-order valence-corrected chi connectivity index (χ2v) is 4.44. The van der Waals surface area contributed by atoms with Crippen molar-refractivity contribution >= 4 is 21.6 Å². The number of nitrogens with two attached hydrogens (primary N) is 1. The molecule has 0 saturated carbocycles. The Morgan fingerprint density at radius 1 is 1.24 bits per heavy atom. The molecular weight excluding hydrogens is 286 g/mol. The van der Waals surface area contributed by atoms with Gasteiger partial charge in [-0.25, -0.2) is 4.68 Å². The molecule has 88 valence electrons. The molecule has 0 radical (unpaired) electrons. The Bertz CT molecular complexity index is 660. The normalized spacial score (nSPS) is 10.4. The van der Waals surface area contributed by atoms with Gasteiger partial charge in [0.25, 0.3) is 11.1 Å². The molecular formula is C11H10BrN3O2. The minimum absolute atomic E-state index is 0.256. The molecule has 0 bridgehead atoms. The van der Waals surface area contributed by atoms with Gasteiger partial charge in [0.2, 0.25) is 0 Å². The predicted octanol–water partition coefficient (Wildman–Crippen LogP) is 0.930. The fourth-order valence-electron chi connectivity index (χ4n) is 1.44. The summed E-state index contributed by atoms with van der Waals surface area (Å²) in [7, 11) is 0. The minimum atomic E-state index is -0.309. The minimum Gasteiger partial charge on any atom is -0.399 e. The average molecular weight is 296 g/mol. The third-order valence-electron chi connectivity index (χ3n) is 2.29. The Morgan fingerprint density at radius 2 is 2.00 bits per heavy atom. The van der Waals surface area contributed by atoms with E-state index in [-0.39, 0.29) is 17.7 Å². The first-order chi connectivity index (χ1) is 8.06. The zero-order valence-electron chi connectivity index (χ0n) is 8.81. The Kier molecular flexibility index (Phi) is 3.14. The average Bonchev–Trinajstić information content (AvgIpc) is 2.27. The lowest BCUT2D eigenvalue weighted by atomic mass is 10.2. The number of aromatic nitrogens is 2. The molecule has 0 aliphatic rings. The monoisotopic (exact) mass is 295 g/mol. The van der Waals surface area contributed by atoms with E-state index in [9.17, 15) is 9.59 Å². The topological polar surface area (TPSA) is 80.9 Å². The highest BCUT2D eigenvalue weighted by molar-refractivity contribution is 9.10. The number of rotatable bonds is 2. The third-order valence-corrected chi connectivity index (χ3v) is 3.03. The molecule has 1 heterocycles. The van der Waals surface area contributed by atoms with Gasteiger partial charge in [-0.05, 0) is 17.7 Å². The van der Waals surface area contributed by atoms with Crippen LogP contribution in [0.1, 0.15) is 5.56 Å². The number of H-pyrrole nitrogens is 1. The number of hydrogen-bond donors (Lipinski definition) is 2. The number of aromatic amines is 1. The molecule has 0 unspecified atom stereocenters. The van der Waals surface area contributed by atoms with Crippen molar-refractivity contribution in [3.63, 3.8) is 0 Å². The number of hydrogen-bond acceptors (Lipinski definition) is 3. The molecule has 0 aliphatic carbocycles. The van der Waals surface area contributed by atoms with E-state index < -0.39 is 0 Å². The molecule has 2 rings (SSSR count). The van der Waals surface area contributed by atoms with E-state index in [1.165, 1.54) is 16.8 Å². The number of nitrogens with zero attached hydrogens (tertiary/aromatic N) is 1. The number of nitrogens with one attached hydrogen (secondary N) is 1. The van der Waals surface area contributed by atoms with E-state index in [1.807, 2.05) is 0 Å². The van der Waals surface area contributed by atoms with Crippen molar-refractivity contribution in [3.8, 4) is 0 Å². The lowest BCUT2D eigenvalue weighted by Crippen LogP contribution is -2.28. The van der Waals surface area contributed by atoms with Crippen LogP contribution >= 0.6 is 15.9 Å². The van der Waals surface area contributed by atoms with Crippen molar-refractivity contribution in [1.29, 1.82) is 0 Å². The highest BCUT2D eigenvalue weighted by atomic mass is 79.9. The summed E-state index contributed by atoms with van der Waals surface area (Å²) in [6, 6.07) is 7.74. The Balaban J connectivity index is 2.41. The van der Waals surface area contributed by atoms with Crippen LogP contribution in [0.5, 0.6) is 0 Å². The van der Waals surface area contributed by atoms with Crippen molar-refractivity contribution in [3.05, 3.63) is 61.1 Å². The van der Waals surface area contributed by atoms with Crippen LogP contribution in [0.2, 0.25) is 0 Å². The van der Waals surface area contributed by atoms with E-state index in [1.54, 1.807) is 18.2 Å². The quantitative estimate of drug-likeness (QED) is 0.809. The van der Waals surface area contributed by atoms with Crippen molar-refractivity contribution in [2.75, 3.05) is 5.73 Å². The third kappa shape index (κ3) is 2.65. The van der Waals surface area contributed by atoms with Crippen LogP contribution in [0.4, 0.5) is 5.69 Å². The van der Waals surface area contributed by atoms with E-state index in [0.717, 1.165) is 10.0 Å². The summed E-state index contributed by atoms with van der Waals surface area (Å²) >= 11 is 3.36. The van der Waals surface area contributed by atoms with Gasteiger partial charge < -0.3 is 5.73 Å². The van der Waals surface area contributed by atoms with Gasteiger partial charge in [-0.3, -0.25) is 14.7 Å². The SMILES string of the molecule is Nc1ccc(Cn2[nH]c(=O)ccc2=O)c(Br)c1. The summed E-state index contributed by atoms with van der Waals surface area (Å²) in [4.78, 5) is 22.6. The molecule has 0 aliphatic heterocycles. The first-order valence-corrected chi connectivity index (χ1v) is 5.69. The molecule has 5 nitrogen and oxygen atoms in total. The van der Waals surface area contributed by atoms with Crippen molar-refractivity contribution in [1.82, 2.24) is 9.78 Å². The van der Waals surface area contributed by atoms with E-state index in [4.69, 9.17) is 5.73 Å². The lowest BCUT2D eigenvalue weighted by molar-refractivity contribution is 0.626. The summed E-state index contributed by atoms with van der Waals surface area (Å²) in [5.74, 6) is 0. The van der Waals surface area contributed by atoms with E-state index in [2.05, 4.69) is 21.0 Å². The highest BCUT2D eigenvalue weighted by Gasteiger charge is 2.03. The Morgan fingerprint density at radius 3 is 2.71 bits per heavy atom. The fraction of sp³-hybridized carbons (Fsp3) is 0.0909. The molecule has 0 atom stereocenters. The fourth-order valence-corrected chi connectivity index (χ4v) is 1.96. The number of benzene rings is 1. The summed E-state index contributed by atoms with van der Waals surface area (Å²) < 4.78 is 2.05. The Labute approximate surface area is 105 Å². The maximum Gasteiger partial charge on any atom is 0.265 e. The van der Waals surface area contributed by atoms with Crippen LogP contribution in [-0.4, -0.2) is 9.78 Å². The first kappa shape index (κ1) is 11.7. The van der Waals surface area contributed by atoms with Crippen molar-refractivity contribution in [2.45, 2.75) is 6.54 Å². The molecule has 3 N–H and O–H groups in total. The first-order valence-electron chi connectivity index (χ1n) is 4.90. The van der Waals surface area contributed by atoms with Gasteiger partial charge >= 0.3 is 0 Å². The molecule has 1 aromatic carbocycles. The molecule has 0 fully saturated rings.